The van der Waals surface area contributed by atoms with Crippen molar-refractivity contribution in [3.8, 4) is 11.5 Å². The van der Waals surface area contributed by atoms with Gasteiger partial charge in [0, 0.05) is 16.6 Å². The minimum Gasteiger partial charge on any atom is -0.497 e. The molecule has 0 radical (unpaired) electrons. The molecule has 0 fully saturated rings. The fourth-order valence-corrected chi connectivity index (χ4v) is 2.71. The highest BCUT2D eigenvalue weighted by Gasteiger charge is 2.20. The van der Waals surface area contributed by atoms with Gasteiger partial charge in [-0.2, -0.15) is 0 Å². The second kappa shape index (κ2) is 8.87. The molecule has 2 aromatic rings. The van der Waals surface area contributed by atoms with E-state index in [1.165, 1.54) is 12.1 Å². The minimum atomic E-state index is -0.583. The molecule has 7 heteroatoms. The van der Waals surface area contributed by atoms with Crippen LogP contribution < -0.4 is 20.1 Å². The van der Waals surface area contributed by atoms with E-state index in [-0.39, 0.29) is 22.7 Å². The molecule has 0 saturated heterocycles. The number of ether oxygens (including phenoxy) is 2. The van der Waals surface area contributed by atoms with Gasteiger partial charge in [-0.25, -0.2) is 4.39 Å². The van der Waals surface area contributed by atoms with Crippen molar-refractivity contribution in [3.63, 3.8) is 0 Å². The number of hydrogen-bond acceptors (Lipinski definition) is 4. The summed E-state index contributed by atoms with van der Waals surface area (Å²) >= 11 is 5.72. The van der Waals surface area contributed by atoms with Crippen molar-refractivity contribution in [1.82, 2.24) is 5.32 Å². The Kier molecular flexibility index (Phi) is 6.83. The van der Waals surface area contributed by atoms with Gasteiger partial charge < -0.3 is 14.8 Å². The maximum Gasteiger partial charge on any atom is 0.241 e. The third kappa shape index (κ3) is 4.86. The van der Waals surface area contributed by atoms with Crippen LogP contribution >= 0.6 is 11.6 Å². The molecule has 5 nitrogen and oxygen atoms in total. The summed E-state index contributed by atoms with van der Waals surface area (Å²) in [6.07, 6.45) is 0. The van der Waals surface area contributed by atoms with Crippen molar-refractivity contribution in [2.45, 2.75) is 25.9 Å². The Labute approximate surface area is 157 Å². The molecule has 2 rings (SSSR count). The van der Waals surface area contributed by atoms with Crippen molar-refractivity contribution in [2.24, 2.45) is 0 Å². The average Bonchev–Trinajstić information content (AvgIpc) is 2.63. The fourth-order valence-electron chi connectivity index (χ4n) is 2.55. The van der Waals surface area contributed by atoms with Gasteiger partial charge in [0.1, 0.15) is 17.3 Å². The number of carbonyl (C=O) groups is 1. The van der Waals surface area contributed by atoms with E-state index >= 15 is 0 Å². The van der Waals surface area contributed by atoms with Gasteiger partial charge in [-0.3, -0.25) is 10.1 Å². The van der Waals surface area contributed by atoms with Gasteiger partial charge in [0.05, 0.1) is 25.9 Å². The number of rotatable bonds is 7. The van der Waals surface area contributed by atoms with Crippen molar-refractivity contribution >= 4 is 23.2 Å². The summed E-state index contributed by atoms with van der Waals surface area (Å²) in [6, 6.07) is 8.78. The van der Waals surface area contributed by atoms with Crippen LogP contribution in [0.5, 0.6) is 11.5 Å². The molecule has 2 unspecified atom stereocenters. The third-order valence-electron chi connectivity index (χ3n) is 3.99. The number of amides is 1. The lowest BCUT2D eigenvalue weighted by molar-refractivity contribution is -0.118. The quantitative estimate of drug-likeness (QED) is 0.756. The highest BCUT2D eigenvalue weighted by molar-refractivity contribution is 6.30. The molecule has 0 heterocycles. The number of carbonyl (C=O) groups excluding carboxylic acids is 1. The monoisotopic (exact) mass is 380 g/mol. The van der Waals surface area contributed by atoms with Crippen molar-refractivity contribution in [3.05, 3.63) is 52.8 Å². The SMILES string of the molecule is COc1ccc(OC)c(C(C)NC(C)C(=O)Nc2ccc(Cl)cc2F)c1. The number of anilines is 1. The standard InChI is InChI=1S/C19H22ClFN2O3/c1-11(15-10-14(25-3)6-8-18(15)26-4)22-12(2)19(24)23-17-7-5-13(20)9-16(17)21/h5-12,22H,1-4H3,(H,23,24). The van der Waals surface area contributed by atoms with Gasteiger partial charge in [0.25, 0.3) is 0 Å². The zero-order chi connectivity index (χ0) is 19.3. The highest BCUT2D eigenvalue weighted by Crippen LogP contribution is 2.29. The zero-order valence-corrected chi connectivity index (χ0v) is 15.9. The number of methoxy groups -OCH3 is 2. The molecule has 2 atom stereocenters. The topological polar surface area (TPSA) is 59.6 Å². The van der Waals surface area contributed by atoms with Crippen LogP contribution in [0.2, 0.25) is 5.02 Å². The lowest BCUT2D eigenvalue weighted by Gasteiger charge is -2.22. The largest absolute Gasteiger partial charge is 0.497 e. The Balaban J connectivity index is 2.08. The van der Waals surface area contributed by atoms with Crippen LogP contribution in [0, 0.1) is 5.82 Å². The molecule has 0 spiro atoms. The number of hydrogen-bond donors (Lipinski definition) is 2. The molecular formula is C19H22ClFN2O3. The first-order chi connectivity index (χ1) is 12.3. The van der Waals surface area contributed by atoms with Crippen LogP contribution in [0.1, 0.15) is 25.5 Å². The summed E-state index contributed by atoms with van der Waals surface area (Å²) in [5.74, 6) is 0.428. The van der Waals surface area contributed by atoms with E-state index in [2.05, 4.69) is 10.6 Å². The lowest BCUT2D eigenvalue weighted by Crippen LogP contribution is -2.39. The first-order valence-corrected chi connectivity index (χ1v) is 8.47. The Hall–Kier alpha value is -2.31. The van der Waals surface area contributed by atoms with Crippen molar-refractivity contribution < 1.29 is 18.7 Å². The number of nitrogens with one attached hydrogen (secondary N) is 2. The van der Waals surface area contributed by atoms with Gasteiger partial charge in [0.2, 0.25) is 5.91 Å². The van der Waals surface area contributed by atoms with Gasteiger partial charge >= 0.3 is 0 Å². The van der Waals surface area contributed by atoms with E-state index in [1.807, 2.05) is 13.0 Å². The van der Waals surface area contributed by atoms with Gasteiger partial charge in [0.15, 0.2) is 0 Å². The molecule has 26 heavy (non-hydrogen) atoms. The Bertz CT molecular complexity index is 785. The van der Waals surface area contributed by atoms with E-state index in [1.54, 1.807) is 33.3 Å². The second-order valence-corrected chi connectivity index (χ2v) is 6.27. The maximum atomic E-state index is 13.8. The summed E-state index contributed by atoms with van der Waals surface area (Å²) in [4.78, 5) is 12.4. The van der Waals surface area contributed by atoms with E-state index in [0.717, 1.165) is 11.6 Å². The molecule has 0 saturated carbocycles. The Morgan fingerprint density at radius 2 is 1.85 bits per heavy atom. The van der Waals surface area contributed by atoms with Gasteiger partial charge in [-0.15, -0.1) is 0 Å². The molecule has 1 amide bonds. The Morgan fingerprint density at radius 1 is 1.12 bits per heavy atom. The molecule has 0 aliphatic heterocycles. The number of benzene rings is 2. The van der Waals surface area contributed by atoms with E-state index in [0.29, 0.717) is 11.5 Å². The molecule has 0 bridgehead atoms. The summed E-state index contributed by atoms with van der Waals surface area (Å²) in [5.41, 5.74) is 0.934. The third-order valence-corrected chi connectivity index (χ3v) is 4.22. The summed E-state index contributed by atoms with van der Waals surface area (Å²) in [6.45, 7) is 3.61. The molecule has 0 aromatic heterocycles. The molecule has 0 aliphatic carbocycles. The van der Waals surface area contributed by atoms with E-state index in [9.17, 15) is 9.18 Å². The minimum absolute atomic E-state index is 0.0830. The smallest absolute Gasteiger partial charge is 0.241 e. The van der Waals surface area contributed by atoms with Crippen LogP contribution in [0.4, 0.5) is 10.1 Å². The van der Waals surface area contributed by atoms with Crippen LogP contribution in [0.15, 0.2) is 36.4 Å². The van der Waals surface area contributed by atoms with Gasteiger partial charge in [-0.1, -0.05) is 11.6 Å². The van der Waals surface area contributed by atoms with Crippen LogP contribution in [-0.4, -0.2) is 26.2 Å². The van der Waals surface area contributed by atoms with E-state index in [4.69, 9.17) is 21.1 Å². The molecule has 2 aromatic carbocycles. The predicted molar refractivity (Wildman–Crippen MR) is 101 cm³/mol. The van der Waals surface area contributed by atoms with Crippen LogP contribution in [0.3, 0.4) is 0 Å². The Morgan fingerprint density at radius 3 is 2.46 bits per heavy atom. The fraction of sp³-hybridized carbons (Fsp3) is 0.316. The maximum absolute atomic E-state index is 13.8. The molecule has 2 N–H and O–H groups in total. The van der Waals surface area contributed by atoms with Crippen molar-refractivity contribution in [2.75, 3.05) is 19.5 Å². The molecular weight excluding hydrogens is 359 g/mol. The zero-order valence-electron chi connectivity index (χ0n) is 15.1. The number of halogens is 2. The summed E-state index contributed by atoms with van der Waals surface area (Å²) in [5, 5.41) is 6.00. The highest BCUT2D eigenvalue weighted by atomic mass is 35.5. The van der Waals surface area contributed by atoms with Gasteiger partial charge in [-0.05, 0) is 50.2 Å². The molecule has 0 aliphatic rings. The average molecular weight is 381 g/mol. The summed E-state index contributed by atoms with van der Waals surface area (Å²) < 4.78 is 24.4. The van der Waals surface area contributed by atoms with E-state index < -0.39 is 11.9 Å². The van der Waals surface area contributed by atoms with Crippen LogP contribution in [0.25, 0.3) is 0 Å². The first kappa shape index (κ1) is 20.0. The summed E-state index contributed by atoms with van der Waals surface area (Å²) in [7, 11) is 3.16. The van der Waals surface area contributed by atoms with Crippen molar-refractivity contribution in [1.29, 1.82) is 0 Å². The first-order valence-electron chi connectivity index (χ1n) is 8.09. The second-order valence-electron chi connectivity index (χ2n) is 5.83. The molecule has 140 valence electrons. The lowest BCUT2D eigenvalue weighted by atomic mass is 10.1. The predicted octanol–water partition coefficient (Wildman–Crippen LogP) is 4.17. The van der Waals surface area contributed by atoms with Crippen LogP contribution in [-0.2, 0) is 4.79 Å². The normalized spacial score (nSPS) is 13.0.